The topological polar surface area (TPSA) is 44.7 Å². The van der Waals surface area contributed by atoms with E-state index in [-0.39, 0.29) is 6.10 Å². The second-order valence-electron chi connectivity index (χ2n) is 7.34. The number of ether oxygens (including phenoxy) is 1. The number of rotatable bonds is 7. The molecule has 0 radical (unpaired) electrons. The first-order valence-electron chi connectivity index (χ1n) is 8.17. The summed E-state index contributed by atoms with van der Waals surface area (Å²) in [6.45, 7) is 9.58. The molecule has 0 aromatic rings. The van der Waals surface area contributed by atoms with Gasteiger partial charge in [-0.1, -0.05) is 13.8 Å². The molecule has 1 heterocycles. The van der Waals surface area contributed by atoms with Crippen LogP contribution in [0.4, 0.5) is 0 Å². The van der Waals surface area contributed by atoms with Crippen LogP contribution >= 0.6 is 0 Å². The van der Waals surface area contributed by atoms with Gasteiger partial charge in [0.05, 0.1) is 6.10 Å². The minimum atomic E-state index is -0.0342. The van der Waals surface area contributed by atoms with E-state index in [2.05, 4.69) is 31.1 Å². The van der Waals surface area contributed by atoms with Gasteiger partial charge in [0.25, 0.3) is 0 Å². The lowest BCUT2D eigenvalue weighted by Crippen LogP contribution is -2.49. The van der Waals surface area contributed by atoms with Crippen LogP contribution < -0.4 is 5.32 Å². The second-order valence-corrected chi connectivity index (χ2v) is 7.34. The van der Waals surface area contributed by atoms with E-state index in [1.807, 2.05) is 0 Å². The fraction of sp³-hybridized carbons (Fsp3) is 1.00. The van der Waals surface area contributed by atoms with Crippen LogP contribution in [0, 0.1) is 11.3 Å². The number of hydrogen-bond donors (Lipinski definition) is 2. The van der Waals surface area contributed by atoms with Gasteiger partial charge in [0.2, 0.25) is 0 Å². The van der Waals surface area contributed by atoms with Gasteiger partial charge >= 0.3 is 0 Å². The van der Waals surface area contributed by atoms with E-state index in [0.29, 0.717) is 17.4 Å². The number of nitrogens with zero attached hydrogens (tertiary/aromatic N) is 1. The summed E-state index contributed by atoms with van der Waals surface area (Å²) in [6, 6.07) is 0.543. The van der Waals surface area contributed by atoms with Crippen molar-refractivity contribution < 1.29 is 9.84 Å². The molecule has 4 nitrogen and oxygen atoms in total. The fourth-order valence-corrected chi connectivity index (χ4v) is 3.54. The highest BCUT2D eigenvalue weighted by Crippen LogP contribution is 2.33. The molecule has 1 aliphatic carbocycles. The lowest BCUT2D eigenvalue weighted by atomic mass is 9.78. The third-order valence-electron chi connectivity index (χ3n) is 4.82. The van der Waals surface area contributed by atoms with Crippen molar-refractivity contribution in [3.8, 4) is 0 Å². The Hall–Kier alpha value is -0.160. The molecule has 118 valence electrons. The Morgan fingerprint density at radius 3 is 2.50 bits per heavy atom. The zero-order valence-corrected chi connectivity index (χ0v) is 13.4. The van der Waals surface area contributed by atoms with Gasteiger partial charge in [0, 0.05) is 38.9 Å². The molecule has 2 rings (SSSR count). The predicted octanol–water partition coefficient (Wildman–Crippen LogP) is 1.48. The van der Waals surface area contributed by atoms with Crippen molar-refractivity contribution >= 4 is 0 Å². The zero-order chi connectivity index (χ0) is 14.6. The molecule has 1 aliphatic heterocycles. The predicted molar refractivity (Wildman–Crippen MR) is 81.9 cm³/mol. The summed E-state index contributed by atoms with van der Waals surface area (Å²) in [5, 5.41) is 13.0. The molecule has 0 amide bonds. The molecule has 2 aliphatic rings. The molecular formula is C16H32N2O2. The van der Waals surface area contributed by atoms with Crippen LogP contribution in [-0.2, 0) is 4.74 Å². The van der Waals surface area contributed by atoms with Gasteiger partial charge < -0.3 is 20.1 Å². The number of aliphatic hydroxyl groups is 1. The zero-order valence-electron chi connectivity index (χ0n) is 13.4. The normalized spacial score (nSPS) is 29.7. The lowest BCUT2D eigenvalue weighted by molar-refractivity contribution is -0.0144. The van der Waals surface area contributed by atoms with E-state index in [1.165, 1.54) is 0 Å². The standard InChI is InChI=1S/C16H32N2O2/c1-13(2)17-11-16(4-6-20-7-5-16)12-18(3)10-14-8-15(19)9-14/h13-15,17,19H,4-12H2,1-3H3. The van der Waals surface area contributed by atoms with Gasteiger partial charge in [-0.05, 0) is 44.1 Å². The fourth-order valence-electron chi connectivity index (χ4n) is 3.54. The van der Waals surface area contributed by atoms with Crippen molar-refractivity contribution in [1.82, 2.24) is 10.2 Å². The average molecular weight is 284 g/mol. The summed E-state index contributed by atoms with van der Waals surface area (Å²) < 4.78 is 5.56. The van der Waals surface area contributed by atoms with Crippen LogP contribution in [-0.4, -0.2) is 62.0 Å². The van der Waals surface area contributed by atoms with Crippen LogP contribution in [0.2, 0.25) is 0 Å². The molecule has 20 heavy (non-hydrogen) atoms. The Morgan fingerprint density at radius 2 is 1.95 bits per heavy atom. The van der Waals surface area contributed by atoms with Gasteiger partial charge in [0.15, 0.2) is 0 Å². The van der Waals surface area contributed by atoms with Crippen LogP contribution in [0.15, 0.2) is 0 Å². The van der Waals surface area contributed by atoms with Gasteiger partial charge in [0.1, 0.15) is 0 Å². The monoisotopic (exact) mass is 284 g/mol. The van der Waals surface area contributed by atoms with Gasteiger partial charge in [-0.25, -0.2) is 0 Å². The van der Waals surface area contributed by atoms with E-state index < -0.39 is 0 Å². The van der Waals surface area contributed by atoms with Crippen molar-refractivity contribution in [3.63, 3.8) is 0 Å². The molecule has 0 unspecified atom stereocenters. The van der Waals surface area contributed by atoms with Crippen LogP contribution in [0.5, 0.6) is 0 Å². The highest BCUT2D eigenvalue weighted by atomic mass is 16.5. The molecule has 2 N–H and O–H groups in total. The van der Waals surface area contributed by atoms with E-state index in [4.69, 9.17) is 4.74 Å². The first-order chi connectivity index (χ1) is 9.49. The van der Waals surface area contributed by atoms with Gasteiger partial charge in [-0.15, -0.1) is 0 Å². The molecule has 4 heteroatoms. The van der Waals surface area contributed by atoms with E-state index >= 15 is 0 Å². The maximum atomic E-state index is 9.40. The van der Waals surface area contributed by atoms with Crippen molar-refractivity contribution in [1.29, 1.82) is 0 Å². The summed E-state index contributed by atoms with van der Waals surface area (Å²) in [4.78, 5) is 2.48. The summed E-state index contributed by atoms with van der Waals surface area (Å²) in [5.74, 6) is 0.699. The molecule has 1 saturated heterocycles. The Labute approximate surface area is 123 Å². The molecule has 1 saturated carbocycles. The van der Waals surface area contributed by atoms with Crippen LogP contribution in [0.25, 0.3) is 0 Å². The van der Waals surface area contributed by atoms with Crippen LogP contribution in [0.1, 0.15) is 39.5 Å². The largest absolute Gasteiger partial charge is 0.393 e. The van der Waals surface area contributed by atoms with Gasteiger partial charge in [-0.2, -0.15) is 0 Å². The molecule has 0 bridgehead atoms. The van der Waals surface area contributed by atoms with E-state index in [9.17, 15) is 5.11 Å². The van der Waals surface area contributed by atoms with Crippen LogP contribution in [0.3, 0.4) is 0 Å². The van der Waals surface area contributed by atoms with E-state index in [1.54, 1.807) is 0 Å². The molecule has 0 spiro atoms. The molecular weight excluding hydrogens is 252 g/mol. The SMILES string of the molecule is CC(C)NCC1(CN(C)CC2CC(O)C2)CCOCC1. The molecule has 2 fully saturated rings. The van der Waals surface area contributed by atoms with Crippen molar-refractivity contribution in [3.05, 3.63) is 0 Å². The summed E-state index contributed by atoms with van der Waals surface area (Å²) in [5.41, 5.74) is 0.361. The molecule has 0 atom stereocenters. The Kier molecular flexibility index (Phi) is 5.84. The lowest BCUT2D eigenvalue weighted by Gasteiger charge is -2.42. The Bertz CT molecular complexity index is 284. The highest BCUT2D eigenvalue weighted by molar-refractivity contribution is 4.89. The number of hydrogen-bond acceptors (Lipinski definition) is 4. The molecule has 0 aromatic heterocycles. The Morgan fingerprint density at radius 1 is 1.30 bits per heavy atom. The van der Waals surface area contributed by atoms with Gasteiger partial charge in [-0.3, -0.25) is 0 Å². The third-order valence-corrected chi connectivity index (χ3v) is 4.82. The summed E-state index contributed by atoms with van der Waals surface area (Å²) in [7, 11) is 2.23. The maximum Gasteiger partial charge on any atom is 0.0546 e. The number of nitrogens with one attached hydrogen (secondary N) is 1. The third kappa shape index (κ3) is 4.69. The minimum absolute atomic E-state index is 0.0342. The maximum absolute atomic E-state index is 9.40. The summed E-state index contributed by atoms with van der Waals surface area (Å²) >= 11 is 0. The van der Waals surface area contributed by atoms with Crippen molar-refractivity contribution in [2.75, 3.05) is 39.9 Å². The minimum Gasteiger partial charge on any atom is -0.393 e. The Balaban J connectivity index is 1.82. The second kappa shape index (κ2) is 7.21. The molecule has 0 aromatic carbocycles. The van der Waals surface area contributed by atoms with E-state index in [0.717, 1.165) is 58.5 Å². The number of aliphatic hydroxyl groups excluding tert-OH is 1. The highest BCUT2D eigenvalue weighted by Gasteiger charge is 2.35. The van der Waals surface area contributed by atoms with Crippen molar-refractivity contribution in [2.45, 2.75) is 51.7 Å². The summed E-state index contributed by atoms with van der Waals surface area (Å²) in [6.07, 6.45) is 4.26. The first-order valence-corrected chi connectivity index (χ1v) is 8.17. The first kappa shape index (κ1) is 16.2. The quantitative estimate of drug-likeness (QED) is 0.743. The smallest absolute Gasteiger partial charge is 0.0546 e. The average Bonchev–Trinajstić information content (AvgIpc) is 2.36. The van der Waals surface area contributed by atoms with Crippen molar-refractivity contribution in [2.24, 2.45) is 11.3 Å².